The molecule has 1 saturated heterocycles. The van der Waals surface area contributed by atoms with Gasteiger partial charge in [-0.2, -0.15) is 5.06 Å². The zero-order valence-corrected chi connectivity index (χ0v) is 17.3. The maximum Gasteiger partial charge on any atom is 0.434 e. The van der Waals surface area contributed by atoms with Gasteiger partial charge < -0.3 is 9.16 Å². The van der Waals surface area contributed by atoms with E-state index in [1.165, 1.54) is 5.06 Å². The van der Waals surface area contributed by atoms with E-state index >= 15 is 0 Å². The zero-order chi connectivity index (χ0) is 18.9. The summed E-state index contributed by atoms with van der Waals surface area (Å²) >= 11 is 0. The first-order chi connectivity index (χ1) is 12.2. The van der Waals surface area contributed by atoms with Gasteiger partial charge in [0.05, 0.1) is 6.04 Å². The molecule has 1 aliphatic carbocycles. The SMILES string of the molecule is CC(C)(C)[Si](C)(C)Oc1ccc(COC(=O)N2OC3C=CC2CC3)cc1. The van der Waals surface area contributed by atoms with Crippen molar-refractivity contribution in [3.05, 3.63) is 42.0 Å². The molecule has 2 unspecified atom stereocenters. The van der Waals surface area contributed by atoms with Crippen molar-refractivity contribution in [3.8, 4) is 5.75 Å². The number of ether oxygens (including phenoxy) is 1. The molecule has 2 bridgehead atoms. The van der Waals surface area contributed by atoms with Crippen LogP contribution in [0.15, 0.2) is 36.4 Å². The van der Waals surface area contributed by atoms with Gasteiger partial charge >= 0.3 is 6.09 Å². The monoisotopic (exact) mass is 375 g/mol. The van der Waals surface area contributed by atoms with Crippen LogP contribution in [-0.4, -0.2) is 31.6 Å². The van der Waals surface area contributed by atoms with Crippen LogP contribution in [0.25, 0.3) is 0 Å². The lowest BCUT2D eigenvalue weighted by Gasteiger charge is -2.39. The van der Waals surface area contributed by atoms with E-state index in [9.17, 15) is 4.79 Å². The number of carbonyl (C=O) groups is 1. The highest BCUT2D eigenvalue weighted by molar-refractivity contribution is 6.74. The minimum absolute atomic E-state index is 0.000630. The van der Waals surface area contributed by atoms with Gasteiger partial charge in [-0.05, 0) is 48.7 Å². The Morgan fingerprint density at radius 3 is 2.38 bits per heavy atom. The largest absolute Gasteiger partial charge is 0.544 e. The normalized spacial score (nSPS) is 22.4. The molecule has 6 heteroatoms. The Labute approximate surface area is 157 Å². The molecule has 5 nitrogen and oxygen atoms in total. The van der Waals surface area contributed by atoms with Crippen molar-refractivity contribution in [1.82, 2.24) is 5.06 Å². The summed E-state index contributed by atoms with van der Waals surface area (Å²) in [6, 6.07) is 7.78. The summed E-state index contributed by atoms with van der Waals surface area (Å²) in [4.78, 5) is 17.8. The second-order valence-electron chi connectivity index (χ2n) is 8.56. The summed E-state index contributed by atoms with van der Waals surface area (Å²) in [5.41, 5.74) is 0.929. The van der Waals surface area contributed by atoms with Gasteiger partial charge in [0.15, 0.2) is 0 Å². The molecule has 1 aromatic rings. The van der Waals surface area contributed by atoms with E-state index in [4.69, 9.17) is 14.0 Å². The highest BCUT2D eigenvalue weighted by atomic mass is 28.4. The fraction of sp³-hybridized carbons (Fsp3) is 0.550. The minimum Gasteiger partial charge on any atom is -0.544 e. The van der Waals surface area contributed by atoms with Crippen LogP contribution in [0.1, 0.15) is 39.2 Å². The predicted molar refractivity (Wildman–Crippen MR) is 103 cm³/mol. The van der Waals surface area contributed by atoms with Gasteiger partial charge in [-0.1, -0.05) is 45.1 Å². The molecule has 2 aliphatic heterocycles. The van der Waals surface area contributed by atoms with Crippen LogP contribution in [0.4, 0.5) is 4.79 Å². The molecular weight excluding hydrogens is 346 g/mol. The Kier molecular flexibility index (Phi) is 5.17. The molecule has 1 amide bonds. The van der Waals surface area contributed by atoms with E-state index in [1.807, 2.05) is 36.4 Å². The molecule has 2 heterocycles. The van der Waals surface area contributed by atoms with E-state index in [-0.39, 0.29) is 23.8 Å². The summed E-state index contributed by atoms with van der Waals surface area (Å²) in [6.45, 7) is 11.3. The number of hydrogen-bond donors (Lipinski definition) is 0. The summed E-state index contributed by atoms with van der Waals surface area (Å²) in [7, 11) is -1.84. The lowest BCUT2D eigenvalue weighted by Crippen LogP contribution is -2.48. The fourth-order valence-corrected chi connectivity index (χ4v) is 3.81. The number of carbonyl (C=O) groups excluding carboxylic acids is 1. The first kappa shape index (κ1) is 19.0. The lowest BCUT2D eigenvalue weighted by molar-refractivity contribution is -0.209. The Bertz CT molecular complexity index is 678. The van der Waals surface area contributed by atoms with Crippen LogP contribution in [-0.2, 0) is 16.2 Å². The van der Waals surface area contributed by atoms with E-state index in [0.29, 0.717) is 0 Å². The average Bonchev–Trinajstić information content (AvgIpc) is 2.60. The summed E-state index contributed by atoms with van der Waals surface area (Å²) in [5, 5.41) is 1.52. The Balaban J connectivity index is 1.53. The molecule has 3 aliphatic rings. The summed E-state index contributed by atoms with van der Waals surface area (Å²) in [5.74, 6) is 0.869. The van der Waals surface area contributed by atoms with Crippen molar-refractivity contribution in [1.29, 1.82) is 0 Å². The molecule has 0 aromatic heterocycles. The van der Waals surface area contributed by atoms with E-state index in [0.717, 1.165) is 24.2 Å². The van der Waals surface area contributed by atoms with Crippen molar-refractivity contribution in [2.45, 2.75) is 70.5 Å². The maximum absolute atomic E-state index is 12.3. The quantitative estimate of drug-likeness (QED) is 0.546. The fourth-order valence-electron chi connectivity index (χ4n) is 2.78. The standard InChI is InChI=1S/C20H29NO4Si/c1-20(2,3)26(4,5)25-18-10-6-15(7-11-18)14-23-19(22)21-16-8-12-17(24-21)13-9-16/h6-8,10-12,16-17H,9,13-14H2,1-5H3. The van der Waals surface area contributed by atoms with Gasteiger partial charge in [0.1, 0.15) is 18.5 Å². The molecule has 26 heavy (non-hydrogen) atoms. The first-order valence-electron chi connectivity index (χ1n) is 9.25. The van der Waals surface area contributed by atoms with Crippen LogP contribution < -0.4 is 4.43 Å². The van der Waals surface area contributed by atoms with E-state index in [2.05, 4.69) is 33.9 Å². The number of fused-ring (bicyclic) bond motifs is 2. The molecule has 142 valence electrons. The number of benzene rings is 1. The van der Waals surface area contributed by atoms with Gasteiger partial charge in [0.2, 0.25) is 8.32 Å². The van der Waals surface area contributed by atoms with Crippen molar-refractivity contribution < 1.29 is 18.8 Å². The maximum atomic E-state index is 12.3. The highest BCUT2D eigenvalue weighted by Gasteiger charge is 2.39. The van der Waals surface area contributed by atoms with Gasteiger partial charge in [-0.3, -0.25) is 4.84 Å². The number of amides is 1. The molecule has 0 spiro atoms. The molecular formula is C20H29NO4Si. The first-order valence-corrected chi connectivity index (χ1v) is 12.2. The number of hydrogen-bond acceptors (Lipinski definition) is 4. The van der Waals surface area contributed by atoms with Gasteiger partial charge in [0, 0.05) is 0 Å². The molecule has 0 N–H and O–H groups in total. The van der Waals surface area contributed by atoms with Crippen molar-refractivity contribution in [2.24, 2.45) is 0 Å². The van der Waals surface area contributed by atoms with E-state index < -0.39 is 14.4 Å². The third-order valence-electron chi connectivity index (χ3n) is 5.49. The molecule has 2 atom stereocenters. The molecule has 1 fully saturated rings. The van der Waals surface area contributed by atoms with Crippen molar-refractivity contribution >= 4 is 14.4 Å². The third kappa shape index (κ3) is 4.12. The highest BCUT2D eigenvalue weighted by Crippen LogP contribution is 2.37. The van der Waals surface area contributed by atoms with Gasteiger partial charge in [-0.25, -0.2) is 4.79 Å². The van der Waals surface area contributed by atoms with Crippen LogP contribution in [0.2, 0.25) is 18.1 Å². The second-order valence-corrected chi connectivity index (χ2v) is 13.3. The molecule has 1 aromatic carbocycles. The van der Waals surface area contributed by atoms with Gasteiger partial charge in [0.25, 0.3) is 0 Å². The Morgan fingerprint density at radius 2 is 1.88 bits per heavy atom. The van der Waals surface area contributed by atoms with Crippen LogP contribution in [0, 0.1) is 0 Å². The summed E-state index contributed by atoms with van der Waals surface area (Å²) < 4.78 is 11.7. The molecule has 4 rings (SSSR count). The molecule has 0 saturated carbocycles. The van der Waals surface area contributed by atoms with Crippen molar-refractivity contribution in [2.75, 3.05) is 0 Å². The Hall–Kier alpha value is -1.79. The second kappa shape index (κ2) is 7.08. The number of rotatable bonds is 4. The number of hydroxylamine groups is 2. The van der Waals surface area contributed by atoms with Crippen LogP contribution in [0.3, 0.4) is 0 Å². The van der Waals surface area contributed by atoms with Crippen LogP contribution in [0.5, 0.6) is 5.75 Å². The average molecular weight is 376 g/mol. The van der Waals surface area contributed by atoms with Gasteiger partial charge in [-0.15, -0.1) is 0 Å². The van der Waals surface area contributed by atoms with E-state index in [1.54, 1.807) is 0 Å². The molecule has 0 radical (unpaired) electrons. The smallest absolute Gasteiger partial charge is 0.434 e. The topological polar surface area (TPSA) is 48.0 Å². The third-order valence-corrected chi connectivity index (χ3v) is 9.85. The zero-order valence-electron chi connectivity index (χ0n) is 16.3. The lowest BCUT2D eigenvalue weighted by atomic mass is 9.99. The number of nitrogens with zero attached hydrogens (tertiary/aromatic N) is 1. The summed E-state index contributed by atoms with van der Waals surface area (Å²) in [6.07, 6.45) is 5.49. The predicted octanol–water partition coefficient (Wildman–Crippen LogP) is 5.04. The van der Waals surface area contributed by atoms with Crippen LogP contribution >= 0.6 is 0 Å². The van der Waals surface area contributed by atoms with Crippen molar-refractivity contribution in [3.63, 3.8) is 0 Å². The Morgan fingerprint density at radius 1 is 1.19 bits per heavy atom. The minimum atomic E-state index is -1.84.